The lowest BCUT2D eigenvalue weighted by molar-refractivity contribution is -0.124. The molecule has 1 aliphatic rings. The second kappa shape index (κ2) is 4.90. The Morgan fingerprint density at radius 3 is 3.19 bits per heavy atom. The number of rotatable bonds is 3. The zero-order valence-electron chi connectivity index (χ0n) is 9.10. The molecule has 3 N–H and O–H groups in total. The molecular formula is C10H15N3O2S. The van der Waals surface area contributed by atoms with Crippen LogP contribution in [-0.2, 0) is 9.53 Å². The van der Waals surface area contributed by atoms with E-state index in [9.17, 15) is 4.79 Å². The third-order valence-corrected chi connectivity index (χ3v) is 3.22. The Hall–Kier alpha value is -0.980. The maximum atomic E-state index is 11.7. The summed E-state index contributed by atoms with van der Waals surface area (Å²) in [5.74, 6) is -0.108. The number of ether oxygens (including phenoxy) is 1. The average Bonchev–Trinajstić information content (AvgIpc) is 2.87. The smallest absolute Gasteiger partial charge is 0.255 e. The minimum atomic E-state index is -0.317. The third-order valence-electron chi connectivity index (χ3n) is 2.44. The fraction of sp³-hybridized carbons (Fsp3) is 0.600. The van der Waals surface area contributed by atoms with Crippen LogP contribution in [0.2, 0.25) is 0 Å². The maximum absolute atomic E-state index is 11.7. The highest BCUT2D eigenvalue weighted by molar-refractivity contribution is 7.13. The predicted octanol–water partition coefficient (Wildman–Crippen LogP) is 1.28. The minimum absolute atomic E-state index is 0.107. The molecule has 1 saturated heterocycles. The van der Waals surface area contributed by atoms with Crippen molar-refractivity contribution in [2.75, 3.05) is 11.9 Å². The van der Waals surface area contributed by atoms with Gasteiger partial charge in [-0.2, -0.15) is 0 Å². The molecule has 1 amide bonds. The van der Waals surface area contributed by atoms with E-state index in [1.165, 1.54) is 11.3 Å². The molecule has 5 nitrogen and oxygen atoms in total. The molecule has 1 aromatic rings. The number of aromatic nitrogens is 1. The molecular weight excluding hydrogens is 226 g/mol. The molecule has 0 spiro atoms. The van der Waals surface area contributed by atoms with E-state index in [1.807, 2.05) is 12.3 Å². The number of hydrogen-bond donors (Lipinski definition) is 2. The third kappa shape index (κ3) is 2.58. The van der Waals surface area contributed by atoms with Crippen LogP contribution in [0.4, 0.5) is 5.13 Å². The Kier molecular flexibility index (Phi) is 3.52. The van der Waals surface area contributed by atoms with Gasteiger partial charge in [-0.25, -0.2) is 4.98 Å². The summed E-state index contributed by atoms with van der Waals surface area (Å²) in [4.78, 5) is 15.9. The molecule has 1 aromatic heterocycles. The van der Waals surface area contributed by atoms with E-state index in [0.29, 0.717) is 11.7 Å². The van der Waals surface area contributed by atoms with Crippen molar-refractivity contribution in [2.45, 2.75) is 31.9 Å². The molecule has 0 aliphatic carbocycles. The van der Waals surface area contributed by atoms with Gasteiger partial charge in [0.25, 0.3) is 5.91 Å². The van der Waals surface area contributed by atoms with E-state index < -0.39 is 0 Å². The highest BCUT2D eigenvalue weighted by Crippen LogP contribution is 2.20. The lowest BCUT2D eigenvalue weighted by atomic mass is 10.2. The zero-order chi connectivity index (χ0) is 11.5. The van der Waals surface area contributed by atoms with Crippen molar-refractivity contribution < 1.29 is 9.53 Å². The molecule has 16 heavy (non-hydrogen) atoms. The van der Waals surface area contributed by atoms with Gasteiger partial charge in [0.1, 0.15) is 6.10 Å². The fourth-order valence-corrected chi connectivity index (χ4v) is 2.34. The largest absolute Gasteiger partial charge is 0.368 e. The van der Waals surface area contributed by atoms with Crippen molar-refractivity contribution >= 4 is 22.4 Å². The molecule has 0 bridgehead atoms. The zero-order valence-corrected chi connectivity index (χ0v) is 9.92. The summed E-state index contributed by atoms with van der Waals surface area (Å²) < 4.78 is 5.28. The number of amides is 1. The summed E-state index contributed by atoms with van der Waals surface area (Å²) in [7, 11) is 0. The second-order valence-electron chi connectivity index (χ2n) is 3.86. The van der Waals surface area contributed by atoms with Crippen molar-refractivity contribution in [3.8, 4) is 0 Å². The molecule has 2 unspecified atom stereocenters. The number of anilines is 1. The van der Waals surface area contributed by atoms with Crippen molar-refractivity contribution in [1.29, 1.82) is 0 Å². The van der Waals surface area contributed by atoms with Crippen LogP contribution >= 0.6 is 11.3 Å². The van der Waals surface area contributed by atoms with Crippen molar-refractivity contribution in [3.05, 3.63) is 11.1 Å². The van der Waals surface area contributed by atoms with Gasteiger partial charge in [-0.05, 0) is 19.8 Å². The van der Waals surface area contributed by atoms with Gasteiger partial charge in [-0.1, -0.05) is 0 Å². The van der Waals surface area contributed by atoms with Crippen molar-refractivity contribution in [3.63, 3.8) is 0 Å². The Morgan fingerprint density at radius 1 is 1.81 bits per heavy atom. The van der Waals surface area contributed by atoms with Crippen molar-refractivity contribution in [1.82, 2.24) is 4.98 Å². The summed E-state index contributed by atoms with van der Waals surface area (Å²) in [6.07, 6.45) is 1.42. The molecule has 2 atom stereocenters. The van der Waals surface area contributed by atoms with Crippen LogP contribution in [0.3, 0.4) is 0 Å². The van der Waals surface area contributed by atoms with Gasteiger partial charge in [-0.3, -0.25) is 10.1 Å². The molecule has 6 heteroatoms. The molecule has 1 aliphatic heterocycles. The summed E-state index contributed by atoms with van der Waals surface area (Å²) in [5, 5.41) is 5.19. The molecule has 2 heterocycles. The van der Waals surface area contributed by atoms with Crippen molar-refractivity contribution in [2.24, 2.45) is 5.73 Å². The number of carbonyl (C=O) groups is 1. The average molecular weight is 241 g/mol. The number of carbonyl (C=O) groups excluding carboxylic acids is 1. The minimum Gasteiger partial charge on any atom is -0.368 e. The highest BCUT2D eigenvalue weighted by Gasteiger charge is 2.24. The van der Waals surface area contributed by atoms with Crippen LogP contribution in [0, 0.1) is 0 Å². The number of nitrogens with two attached hydrogens (primary N) is 1. The summed E-state index contributed by atoms with van der Waals surface area (Å²) in [5.41, 5.74) is 6.49. The van der Waals surface area contributed by atoms with E-state index in [2.05, 4.69) is 10.3 Å². The molecule has 0 aromatic carbocycles. The van der Waals surface area contributed by atoms with E-state index in [-0.39, 0.29) is 18.1 Å². The first-order valence-corrected chi connectivity index (χ1v) is 6.18. The lowest BCUT2D eigenvalue weighted by Crippen LogP contribution is -2.26. The van der Waals surface area contributed by atoms with E-state index >= 15 is 0 Å². The predicted molar refractivity (Wildman–Crippen MR) is 62.3 cm³/mol. The van der Waals surface area contributed by atoms with Gasteiger partial charge in [0, 0.05) is 18.0 Å². The van der Waals surface area contributed by atoms with Crippen LogP contribution in [-0.4, -0.2) is 23.6 Å². The van der Waals surface area contributed by atoms with Gasteiger partial charge in [0.05, 0.1) is 5.69 Å². The normalized spacial score (nSPS) is 22.0. The molecule has 0 radical (unpaired) electrons. The van der Waals surface area contributed by atoms with Crippen LogP contribution in [0.5, 0.6) is 0 Å². The fourth-order valence-electron chi connectivity index (χ4n) is 1.52. The lowest BCUT2D eigenvalue weighted by Gasteiger charge is -2.07. The van der Waals surface area contributed by atoms with Gasteiger partial charge in [0.2, 0.25) is 0 Å². The summed E-state index contributed by atoms with van der Waals surface area (Å²) >= 11 is 1.39. The number of thiazole rings is 1. The van der Waals surface area contributed by atoms with Crippen LogP contribution in [0.15, 0.2) is 5.38 Å². The molecule has 2 rings (SSSR count). The summed E-state index contributed by atoms with van der Waals surface area (Å²) in [6.45, 7) is 2.53. The van der Waals surface area contributed by atoms with Gasteiger partial charge in [-0.15, -0.1) is 11.3 Å². The first-order chi connectivity index (χ1) is 7.66. The van der Waals surface area contributed by atoms with Crippen LogP contribution in [0.25, 0.3) is 0 Å². The standard InChI is InChI=1S/C10H15N3O2S/c1-6(11)7-5-16-10(12-7)13-9(14)8-3-2-4-15-8/h5-6,8H,2-4,11H2,1H3,(H,12,13,14). The monoisotopic (exact) mass is 241 g/mol. The quantitative estimate of drug-likeness (QED) is 0.835. The molecule has 0 saturated carbocycles. The molecule has 88 valence electrons. The van der Waals surface area contributed by atoms with Crippen LogP contribution in [0.1, 0.15) is 31.5 Å². The van der Waals surface area contributed by atoms with E-state index in [1.54, 1.807) is 0 Å². The summed E-state index contributed by atoms with van der Waals surface area (Å²) in [6, 6.07) is -0.107. The van der Waals surface area contributed by atoms with Crippen LogP contribution < -0.4 is 11.1 Å². The van der Waals surface area contributed by atoms with Gasteiger partial charge < -0.3 is 10.5 Å². The van der Waals surface area contributed by atoms with E-state index in [4.69, 9.17) is 10.5 Å². The Morgan fingerprint density at radius 2 is 2.62 bits per heavy atom. The maximum Gasteiger partial charge on any atom is 0.255 e. The Bertz CT molecular complexity index is 372. The Balaban J connectivity index is 1.95. The van der Waals surface area contributed by atoms with E-state index in [0.717, 1.165) is 18.5 Å². The SMILES string of the molecule is CC(N)c1csc(NC(=O)C2CCCO2)n1. The highest BCUT2D eigenvalue weighted by atomic mass is 32.1. The number of nitrogens with one attached hydrogen (secondary N) is 1. The Labute approximate surface area is 98.0 Å². The molecule has 1 fully saturated rings. The number of nitrogens with zero attached hydrogens (tertiary/aromatic N) is 1. The van der Waals surface area contributed by atoms with Gasteiger partial charge >= 0.3 is 0 Å². The number of hydrogen-bond acceptors (Lipinski definition) is 5. The van der Waals surface area contributed by atoms with Gasteiger partial charge in [0.15, 0.2) is 5.13 Å². The first-order valence-electron chi connectivity index (χ1n) is 5.30. The topological polar surface area (TPSA) is 77.2 Å². The first kappa shape index (κ1) is 11.5. The second-order valence-corrected chi connectivity index (χ2v) is 4.72.